The second kappa shape index (κ2) is 8.71. The van der Waals surface area contributed by atoms with Crippen LogP contribution in [0.2, 0.25) is 0 Å². The lowest BCUT2D eigenvalue weighted by Crippen LogP contribution is -2.15. The van der Waals surface area contributed by atoms with Gasteiger partial charge in [-0.05, 0) is 72.9 Å². The molecule has 3 aromatic rings. The first-order chi connectivity index (χ1) is 14.2. The molecular weight excluding hydrogens is 396 g/mol. The molecule has 3 rings (SSSR count). The van der Waals surface area contributed by atoms with Gasteiger partial charge in [0.25, 0.3) is 15.9 Å². The quantitative estimate of drug-likeness (QED) is 0.552. The molecule has 0 heterocycles. The van der Waals surface area contributed by atoms with Crippen molar-refractivity contribution in [2.24, 2.45) is 0 Å². The molecule has 0 fully saturated rings. The van der Waals surface area contributed by atoms with Crippen LogP contribution < -0.4 is 10.0 Å². The van der Waals surface area contributed by atoms with Gasteiger partial charge >= 0.3 is 0 Å². The lowest BCUT2D eigenvalue weighted by atomic mass is 10.0. The largest absolute Gasteiger partial charge is 0.322 e. The third kappa shape index (κ3) is 4.89. The molecule has 0 radical (unpaired) electrons. The van der Waals surface area contributed by atoms with Gasteiger partial charge in [-0.25, -0.2) is 8.42 Å². The van der Waals surface area contributed by atoms with Crippen LogP contribution >= 0.6 is 0 Å². The topological polar surface area (TPSA) is 75.3 Å². The maximum absolute atomic E-state index is 12.7. The Labute approximate surface area is 178 Å². The Balaban J connectivity index is 1.77. The number of sulfonamides is 1. The highest BCUT2D eigenvalue weighted by Gasteiger charge is 2.17. The van der Waals surface area contributed by atoms with E-state index in [1.807, 2.05) is 37.3 Å². The summed E-state index contributed by atoms with van der Waals surface area (Å²) in [4.78, 5) is 12.9. The van der Waals surface area contributed by atoms with Gasteiger partial charge in [-0.15, -0.1) is 0 Å². The van der Waals surface area contributed by atoms with Crippen molar-refractivity contribution >= 4 is 27.3 Å². The van der Waals surface area contributed by atoms with Crippen LogP contribution in [0.15, 0.2) is 71.6 Å². The van der Waals surface area contributed by atoms with Gasteiger partial charge in [0, 0.05) is 16.9 Å². The Morgan fingerprint density at radius 3 is 2.23 bits per heavy atom. The summed E-state index contributed by atoms with van der Waals surface area (Å²) in [6, 6.07) is 19.4. The average molecular weight is 423 g/mol. The SMILES string of the molecule is Cc1ccc(C)c(S(=O)(=O)Nc2ccc(C(=O)Nc3ccccc3C(C)C)cc2)c1. The second-order valence-corrected chi connectivity index (χ2v) is 9.30. The van der Waals surface area contributed by atoms with E-state index in [0.717, 1.165) is 16.8 Å². The Morgan fingerprint density at radius 2 is 1.57 bits per heavy atom. The van der Waals surface area contributed by atoms with E-state index in [-0.39, 0.29) is 16.7 Å². The Kier molecular flexibility index (Phi) is 6.27. The summed E-state index contributed by atoms with van der Waals surface area (Å²) >= 11 is 0. The molecule has 0 aromatic heterocycles. The van der Waals surface area contributed by atoms with Crippen molar-refractivity contribution in [2.45, 2.75) is 38.5 Å². The summed E-state index contributed by atoms with van der Waals surface area (Å²) in [5.74, 6) is 0.0374. The minimum atomic E-state index is -3.71. The Hall–Kier alpha value is -3.12. The van der Waals surface area contributed by atoms with E-state index in [4.69, 9.17) is 0 Å². The van der Waals surface area contributed by atoms with E-state index < -0.39 is 10.0 Å². The number of amides is 1. The summed E-state index contributed by atoms with van der Waals surface area (Å²) < 4.78 is 28.1. The lowest BCUT2D eigenvalue weighted by molar-refractivity contribution is 0.102. The summed E-state index contributed by atoms with van der Waals surface area (Å²) in [6.45, 7) is 7.75. The summed E-state index contributed by atoms with van der Waals surface area (Å²) in [5, 5.41) is 2.94. The molecule has 156 valence electrons. The number of rotatable bonds is 6. The summed E-state index contributed by atoms with van der Waals surface area (Å²) in [5.41, 5.74) is 4.22. The van der Waals surface area contributed by atoms with Crippen LogP contribution in [0, 0.1) is 13.8 Å². The maximum atomic E-state index is 12.7. The normalized spacial score (nSPS) is 11.4. The molecule has 0 aliphatic rings. The maximum Gasteiger partial charge on any atom is 0.262 e. The van der Waals surface area contributed by atoms with Gasteiger partial charge in [0.05, 0.1) is 4.90 Å². The number of anilines is 2. The van der Waals surface area contributed by atoms with Gasteiger partial charge in [0.15, 0.2) is 0 Å². The molecule has 30 heavy (non-hydrogen) atoms. The third-order valence-corrected chi connectivity index (χ3v) is 6.39. The van der Waals surface area contributed by atoms with E-state index >= 15 is 0 Å². The number of hydrogen-bond acceptors (Lipinski definition) is 3. The van der Waals surface area contributed by atoms with Crippen LogP contribution in [-0.2, 0) is 10.0 Å². The molecule has 6 heteroatoms. The molecule has 0 aliphatic carbocycles. The predicted molar refractivity (Wildman–Crippen MR) is 122 cm³/mol. The number of carbonyl (C=O) groups is 1. The van der Waals surface area contributed by atoms with Crippen LogP contribution in [0.5, 0.6) is 0 Å². The Bertz CT molecular complexity index is 1170. The molecule has 0 bridgehead atoms. The average Bonchev–Trinajstić information content (AvgIpc) is 2.70. The fraction of sp³-hybridized carbons (Fsp3) is 0.208. The number of nitrogens with one attached hydrogen (secondary N) is 2. The van der Waals surface area contributed by atoms with Crippen LogP contribution in [0.3, 0.4) is 0 Å². The lowest BCUT2D eigenvalue weighted by Gasteiger charge is -2.14. The molecule has 3 aromatic carbocycles. The third-order valence-electron chi connectivity index (χ3n) is 4.86. The first kappa shape index (κ1) is 21.6. The molecule has 0 unspecified atom stereocenters. The Morgan fingerprint density at radius 1 is 0.900 bits per heavy atom. The zero-order chi connectivity index (χ0) is 21.9. The molecule has 1 amide bonds. The first-order valence-corrected chi connectivity index (χ1v) is 11.3. The number of carbonyl (C=O) groups excluding carboxylic acids is 1. The van der Waals surface area contributed by atoms with Crippen molar-refractivity contribution in [3.8, 4) is 0 Å². The smallest absolute Gasteiger partial charge is 0.262 e. The molecule has 0 saturated carbocycles. The van der Waals surface area contributed by atoms with Gasteiger partial charge in [0.2, 0.25) is 0 Å². The van der Waals surface area contributed by atoms with E-state index in [1.165, 1.54) is 0 Å². The molecule has 5 nitrogen and oxygen atoms in total. The van der Waals surface area contributed by atoms with Gasteiger partial charge in [-0.3, -0.25) is 9.52 Å². The molecule has 0 saturated heterocycles. The van der Waals surface area contributed by atoms with E-state index in [1.54, 1.807) is 43.3 Å². The number of para-hydroxylation sites is 1. The van der Waals surface area contributed by atoms with E-state index in [2.05, 4.69) is 23.9 Å². The highest BCUT2D eigenvalue weighted by Crippen LogP contribution is 2.25. The van der Waals surface area contributed by atoms with Crippen molar-refractivity contribution in [1.82, 2.24) is 0 Å². The minimum absolute atomic E-state index is 0.243. The van der Waals surface area contributed by atoms with Crippen molar-refractivity contribution < 1.29 is 13.2 Å². The van der Waals surface area contributed by atoms with Crippen LogP contribution in [0.4, 0.5) is 11.4 Å². The minimum Gasteiger partial charge on any atom is -0.322 e. The highest BCUT2D eigenvalue weighted by atomic mass is 32.2. The second-order valence-electron chi connectivity index (χ2n) is 7.65. The standard InChI is InChI=1S/C24H26N2O3S/c1-16(2)21-7-5-6-8-22(21)25-24(27)19-11-13-20(14-12-19)26-30(28,29)23-15-17(3)9-10-18(23)4/h5-16,26H,1-4H3,(H,25,27). The first-order valence-electron chi connectivity index (χ1n) is 9.78. The number of aryl methyl sites for hydroxylation is 2. The zero-order valence-electron chi connectivity index (χ0n) is 17.6. The van der Waals surface area contributed by atoms with Gasteiger partial charge in [-0.1, -0.05) is 44.2 Å². The van der Waals surface area contributed by atoms with E-state index in [0.29, 0.717) is 16.8 Å². The molecular formula is C24H26N2O3S. The van der Waals surface area contributed by atoms with Gasteiger partial charge < -0.3 is 5.32 Å². The van der Waals surface area contributed by atoms with Crippen LogP contribution in [0.25, 0.3) is 0 Å². The fourth-order valence-electron chi connectivity index (χ4n) is 3.21. The van der Waals surface area contributed by atoms with Crippen molar-refractivity contribution in [2.75, 3.05) is 10.0 Å². The highest BCUT2D eigenvalue weighted by molar-refractivity contribution is 7.92. The zero-order valence-corrected chi connectivity index (χ0v) is 18.4. The fourth-order valence-corrected chi connectivity index (χ4v) is 4.59. The van der Waals surface area contributed by atoms with Crippen molar-refractivity contribution in [3.63, 3.8) is 0 Å². The molecule has 0 atom stereocenters. The predicted octanol–water partition coefficient (Wildman–Crippen LogP) is 5.48. The van der Waals surface area contributed by atoms with E-state index in [9.17, 15) is 13.2 Å². The van der Waals surface area contributed by atoms with Crippen molar-refractivity contribution in [1.29, 1.82) is 0 Å². The number of hydrogen-bond donors (Lipinski definition) is 2. The molecule has 0 aliphatic heterocycles. The van der Waals surface area contributed by atoms with Gasteiger partial charge in [0.1, 0.15) is 0 Å². The van der Waals surface area contributed by atoms with Crippen LogP contribution in [-0.4, -0.2) is 14.3 Å². The number of benzene rings is 3. The van der Waals surface area contributed by atoms with Crippen LogP contribution in [0.1, 0.15) is 46.8 Å². The summed E-state index contributed by atoms with van der Waals surface area (Å²) in [7, 11) is -3.71. The van der Waals surface area contributed by atoms with Gasteiger partial charge in [-0.2, -0.15) is 0 Å². The summed E-state index contributed by atoms with van der Waals surface area (Å²) in [6.07, 6.45) is 0. The monoisotopic (exact) mass is 422 g/mol. The molecule has 2 N–H and O–H groups in total. The van der Waals surface area contributed by atoms with Crippen molar-refractivity contribution in [3.05, 3.63) is 89.0 Å². The molecule has 0 spiro atoms.